The molecular formula is C10H18O. The fraction of sp³-hybridized carbons (Fsp3) is 0.400. The van der Waals surface area contributed by atoms with Gasteiger partial charge >= 0.3 is 0 Å². The van der Waals surface area contributed by atoms with Crippen LogP contribution in [0, 0.1) is 13.8 Å². The molecule has 1 heteroatoms. The number of hydrogen-bond donors (Lipinski definition) is 0. The summed E-state index contributed by atoms with van der Waals surface area (Å²) in [4.78, 5) is 0. The van der Waals surface area contributed by atoms with Crippen LogP contribution in [0.1, 0.15) is 25.0 Å². The highest BCUT2D eigenvalue weighted by Gasteiger charge is 1.83. The van der Waals surface area contributed by atoms with Crippen molar-refractivity contribution < 1.29 is 5.48 Å². The van der Waals surface area contributed by atoms with Crippen molar-refractivity contribution in [2.45, 2.75) is 27.7 Å². The van der Waals surface area contributed by atoms with Crippen LogP contribution in [0.3, 0.4) is 0 Å². The molecule has 11 heavy (non-hydrogen) atoms. The predicted molar refractivity (Wildman–Crippen MR) is 50.9 cm³/mol. The molecular weight excluding hydrogens is 136 g/mol. The molecule has 0 aliphatic heterocycles. The molecule has 0 amide bonds. The molecule has 1 nitrogen and oxygen atoms in total. The van der Waals surface area contributed by atoms with E-state index >= 15 is 0 Å². The van der Waals surface area contributed by atoms with Gasteiger partial charge in [0.25, 0.3) is 0 Å². The molecule has 0 aromatic heterocycles. The Bertz CT molecular complexity index is 161. The second-order valence-corrected chi connectivity index (χ2v) is 2.08. The summed E-state index contributed by atoms with van der Waals surface area (Å²) >= 11 is 0. The van der Waals surface area contributed by atoms with Crippen LogP contribution in [-0.2, 0) is 0 Å². The minimum absolute atomic E-state index is 0. The molecule has 0 fully saturated rings. The van der Waals surface area contributed by atoms with Gasteiger partial charge in [-0.2, -0.15) is 0 Å². The van der Waals surface area contributed by atoms with Crippen LogP contribution in [0.5, 0.6) is 0 Å². The van der Waals surface area contributed by atoms with E-state index in [9.17, 15) is 0 Å². The molecule has 0 atom stereocenters. The quantitative estimate of drug-likeness (QED) is 0.550. The van der Waals surface area contributed by atoms with E-state index in [1.54, 1.807) is 0 Å². The lowest BCUT2D eigenvalue weighted by atomic mass is 10.1. The van der Waals surface area contributed by atoms with Crippen molar-refractivity contribution >= 4 is 0 Å². The Kier molecular flexibility index (Phi) is 8.50. The maximum atomic E-state index is 2.12. The van der Waals surface area contributed by atoms with Crippen LogP contribution >= 0.6 is 0 Å². The van der Waals surface area contributed by atoms with Crippen LogP contribution in [0.4, 0.5) is 0 Å². The lowest BCUT2D eigenvalue weighted by Gasteiger charge is -1.93. The van der Waals surface area contributed by atoms with Gasteiger partial charge in [-0.15, -0.1) is 0 Å². The van der Waals surface area contributed by atoms with E-state index in [1.807, 2.05) is 13.8 Å². The molecule has 1 aromatic carbocycles. The van der Waals surface area contributed by atoms with E-state index in [0.717, 1.165) is 0 Å². The zero-order valence-electron chi connectivity index (χ0n) is 7.81. The van der Waals surface area contributed by atoms with E-state index in [1.165, 1.54) is 11.1 Å². The third kappa shape index (κ3) is 4.57. The standard InChI is InChI=1S/C8H10.C2H6.H2O/c1-7-5-3-4-6-8(7)2;1-2;/h3-6H,1-2H3;1-2H3;1H2. The zero-order chi connectivity index (χ0) is 7.98. The summed E-state index contributed by atoms with van der Waals surface area (Å²) in [5, 5.41) is 0. The van der Waals surface area contributed by atoms with Gasteiger partial charge in [0, 0.05) is 0 Å². The topological polar surface area (TPSA) is 31.5 Å². The molecule has 0 heterocycles. The van der Waals surface area contributed by atoms with Crippen LogP contribution in [0.2, 0.25) is 0 Å². The molecule has 0 saturated heterocycles. The molecule has 2 N–H and O–H groups in total. The molecule has 0 aliphatic rings. The monoisotopic (exact) mass is 154 g/mol. The molecule has 0 spiro atoms. The molecule has 0 unspecified atom stereocenters. The van der Waals surface area contributed by atoms with Gasteiger partial charge in [-0.1, -0.05) is 38.1 Å². The molecule has 1 rings (SSSR count). The Morgan fingerprint density at radius 2 is 1.09 bits per heavy atom. The molecule has 1 aromatic rings. The van der Waals surface area contributed by atoms with Crippen molar-refractivity contribution in [2.75, 3.05) is 0 Å². The second-order valence-electron chi connectivity index (χ2n) is 2.08. The summed E-state index contributed by atoms with van der Waals surface area (Å²) < 4.78 is 0. The fourth-order valence-corrected chi connectivity index (χ4v) is 0.663. The SMILES string of the molecule is CC.Cc1ccccc1C.O. The molecule has 0 saturated carbocycles. The Hall–Kier alpha value is -0.820. The summed E-state index contributed by atoms with van der Waals surface area (Å²) in [5.41, 5.74) is 2.74. The van der Waals surface area contributed by atoms with Gasteiger partial charge in [0.15, 0.2) is 0 Å². The van der Waals surface area contributed by atoms with Crippen molar-refractivity contribution in [3.05, 3.63) is 35.4 Å². The smallest absolute Gasteiger partial charge is 0.0395 e. The first-order valence-corrected chi connectivity index (χ1v) is 3.83. The lowest BCUT2D eigenvalue weighted by molar-refractivity contribution is 0.824. The lowest BCUT2D eigenvalue weighted by Crippen LogP contribution is -1.74. The van der Waals surface area contributed by atoms with Gasteiger partial charge in [0.2, 0.25) is 0 Å². The third-order valence-electron chi connectivity index (χ3n) is 1.43. The molecule has 0 bridgehead atoms. The number of benzene rings is 1. The highest BCUT2D eigenvalue weighted by atomic mass is 16.0. The first kappa shape index (κ1) is 12.8. The first-order valence-electron chi connectivity index (χ1n) is 3.83. The van der Waals surface area contributed by atoms with Crippen molar-refractivity contribution in [3.63, 3.8) is 0 Å². The van der Waals surface area contributed by atoms with Gasteiger partial charge in [0.05, 0.1) is 0 Å². The fourth-order valence-electron chi connectivity index (χ4n) is 0.663. The number of rotatable bonds is 0. The Morgan fingerprint density at radius 3 is 1.27 bits per heavy atom. The Labute approximate surface area is 69.4 Å². The summed E-state index contributed by atoms with van der Waals surface area (Å²) in [7, 11) is 0. The highest BCUT2D eigenvalue weighted by Crippen LogP contribution is 2.02. The van der Waals surface area contributed by atoms with E-state index in [0.29, 0.717) is 0 Å². The predicted octanol–water partition coefficient (Wildman–Crippen LogP) is 2.50. The van der Waals surface area contributed by atoms with Crippen molar-refractivity contribution in [2.24, 2.45) is 0 Å². The summed E-state index contributed by atoms with van der Waals surface area (Å²) in [6.07, 6.45) is 0. The van der Waals surface area contributed by atoms with Gasteiger partial charge < -0.3 is 5.48 Å². The number of hydrogen-bond acceptors (Lipinski definition) is 0. The minimum Gasteiger partial charge on any atom is -0.412 e. The van der Waals surface area contributed by atoms with Crippen LogP contribution < -0.4 is 0 Å². The van der Waals surface area contributed by atoms with E-state index in [-0.39, 0.29) is 5.48 Å². The van der Waals surface area contributed by atoms with Gasteiger partial charge in [-0.05, 0) is 25.0 Å². The molecule has 64 valence electrons. The minimum atomic E-state index is 0. The van der Waals surface area contributed by atoms with Crippen LogP contribution in [0.15, 0.2) is 24.3 Å². The van der Waals surface area contributed by atoms with Crippen molar-refractivity contribution in [1.29, 1.82) is 0 Å². The van der Waals surface area contributed by atoms with Crippen molar-refractivity contribution in [1.82, 2.24) is 0 Å². The summed E-state index contributed by atoms with van der Waals surface area (Å²) in [6.45, 7) is 8.24. The second kappa shape index (κ2) is 7.29. The normalized spacial score (nSPS) is 7.27. The largest absolute Gasteiger partial charge is 0.412 e. The first-order chi connectivity index (χ1) is 4.80. The summed E-state index contributed by atoms with van der Waals surface area (Å²) in [5.74, 6) is 0. The van der Waals surface area contributed by atoms with Crippen LogP contribution in [-0.4, -0.2) is 5.48 Å². The maximum Gasteiger partial charge on any atom is -0.0395 e. The zero-order valence-corrected chi connectivity index (χ0v) is 7.81. The Balaban J connectivity index is 0. The third-order valence-corrected chi connectivity index (χ3v) is 1.43. The number of aryl methyl sites for hydroxylation is 2. The van der Waals surface area contributed by atoms with Gasteiger partial charge in [0.1, 0.15) is 0 Å². The highest BCUT2D eigenvalue weighted by molar-refractivity contribution is 5.23. The average Bonchev–Trinajstić information content (AvgIpc) is 2.00. The van der Waals surface area contributed by atoms with E-state index in [2.05, 4.69) is 38.1 Å². The van der Waals surface area contributed by atoms with Crippen molar-refractivity contribution in [3.8, 4) is 0 Å². The molecule has 0 radical (unpaired) electrons. The van der Waals surface area contributed by atoms with Gasteiger partial charge in [-0.25, -0.2) is 0 Å². The summed E-state index contributed by atoms with van der Waals surface area (Å²) in [6, 6.07) is 8.36. The molecule has 0 aliphatic carbocycles. The van der Waals surface area contributed by atoms with E-state index in [4.69, 9.17) is 0 Å². The average molecular weight is 154 g/mol. The Morgan fingerprint density at radius 1 is 0.818 bits per heavy atom. The van der Waals surface area contributed by atoms with Crippen LogP contribution in [0.25, 0.3) is 0 Å². The van der Waals surface area contributed by atoms with E-state index < -0.39 is 0 Å². The maximum absolute atomic E-state index is 2.12. The van der Waals surface area contributed by atoms with Gasteiger partial charge in [-0.3, -0.25) is 0 Å².